The van der Waals surface area contributed by atoms with Gasteiger partial charge in [-0.3, -0.25) is 14.5 Å². The van der Waals surface area contributed by atoms with Crippen LogP contribution >= 0.6 is 0 Å². The Morgan fingerprint density at radius 3 is 2.50 bits per heavy atom. The molecule has 34 heavy (non-hydrogen) atoms. The standard InChI is InChI=1S/C25H34N6O3/c1-18(32)30-13-7-20(8-14-30)25(33)26-21-9-11-29(12-10-21)15-22-23-17-34-24(16-31(23)28-27-22)19-5-3-2-4-6-19/h2-6,20-21,24H,7-17H2,1H3,(H,26,33)/t24-/m1/s1. The first-order valence-electron chi connectivity index (χ1n) is 12.4. The lowest BCUT2D eigenvalue weighted by atomic mass is 9.94. The summed E-state index contributed by atoms with van der Waals surface area (Å²) in [5.41, 5.74) is 3.23. The normalized spacial score (nSPS) is 22.4. The summed E-state index contributed by atoms with van der Waals surface area (Å²) in [5.74, 6) is 0.276. The van der Waals surface area contributed by atoms with Crippen LogP contribution in [0, 0.1) is 5.92 Å². The van der Waals surface area contributed by atoms with Gasteiger partial charge < -0.3 is 15.0 Å². The van der Waals surface area contributed by atoms with Crippen molar-refractivity contribution in [3.63, 3.8) is 0 Å². The van der Waals surface area contributed by atoms with Gasteiger partial charge in [-0.25, -0.2) is 4.68 Å². The van der Waals surface area contributed by atoms with Gasteiger partial charge in [-0.15, -0.1) is 5.10 Å². The number of amides is 2. The maximum atomic E-state index is 12.7. The third-order valence-electron chi connectivity index (χ3n) is 7.47. The first kappa shape index (κ1) is 23.0. The van der Waals surface area contributed by atoms with Crippen molar-refractivity contribution in [3.8, 4) is 0 Å². The second-order valence-corrected chi connectivity index (χ2v) is 9.71. The molecule has 2 fully saturated rings. The van der Waals surface area contributed by atoms with E-state index in [0.717, 1.165) is 56.7 Å². The summed E-state index contributed by atoms with van der Waals surface area (Å²) in [4.78, 5) is 28.4. The monoisotopic (exact) mass is 466 g/mol. The van der Waals surface area contributed by atoms with Gasteiger partial charge in [-0.2, -0.15) is 0 Å². The summed E-state index contributed by atoms with van der Waals surface area (Å²) in [5, 5.41) is 12.1. The number of likely N-dealkylation sites (tertiary alicyclic amines) is 2. The maximum absolute atomic E-state index is 12.7. The number of rotatable bonds is 5. The highest BCUT2D eigenvalue weighted by Crippen LogP contribution is 2.27. The van der Waals surface area contributed by atoms with Crippen LogP contribution in [0.1, 0.15) is 55.7 Å². The molecule has 1 N–H and O–H groups in total. The highest BCUT2D eigenvalue weighted by atomic mass is 16.5. The zero-order chi connectivity index (χ0) is 23.5. The third-order valence-corrected chi connectivity index (χ3v) is 7.47. The lowest BCUT2D eigenvalue weighted by Gasteiger charge is -2.34. The Morgan fingerprint density at radius 1 is 1.06 bits per heavy atom. The smallest absolute Gasteiger partial charge is 0.223 e. The molecule has 1 aromatic heterocycles. The van der Waals surface area contributed by atoms with E-state index in [1.54, 1.807) is 6.92 Å². The van der Waals surface area contributed by atoms with Crippen LogP contribution in [0.5, 0.6) is 0 Å². The minimum atomic E-state index is 0.0114. The van der Waals surface area contributed by atoms with Crippen LogP contribution in [0.4, 0.5) is 0 Å². The van der Waals surface area contributed by atoms with E-state index in [2.05, 4.69) is 32.7 Å². The summed E-state index contributed by atoms with van der Waals surface area (Å²) in [6.07, 6.45) is 3.41. The predicted molar refractivity (Wildman–Crippen MR) is 125 cm³/mol. The van der Waals surface area contributed by atoms with Crippen LogP contribution in [0.2, 0.25) is 0 Å². The molecule has 9 heteroatoms. The summed E-state index contributed by atoms with van der Waals surface area (Å²) in [7, 11) is 0. The van der Waals surface area contributed by atoms with Crippen molar-refractivity contribution in [1.29, 1.82) is 0 Å². The van der Waals surface area contributed by atoms with Crippen molar-refractivity contribution in [2.75, 3.05) is 26.2 Å². The molecule has 0 bridgehead atoms. The highest BCUT2D eigenvalue weighted by Gasteiger charge is 2.30. The number of carbonyl (C=O) groups is 2. The quantitative estimate of drug-likeness (QED) is 0.724. The number of benzene rings is 1. The van der Waals surface area contributed by atoms with Crippen LogP contribution in [0.3, 0.4) is 0 Å². The van der Waals surface area contributed by atoms with E-state index in [1.807, 2.05) is 27.8 Å². The molecule has 2 aromatic rings. The van der Waals surface area contributed by atoms with Crippen molar-refractivity contribution in [2.45, 2.75) is 64.4 Å². The number of aromatic nitrogens is 3. The van der Waals surface area contributed by atoms with Gasteiger partial charge in [0.25, 0.3) is 0 Å². The summed E-state index contributed by atoms with van der Waals surface area (Å²) in [6.45, 7) is 6.79. The molecule has 9 nitrogen and oxygen atoms in total. The Balaban J connectivity index is 1.08. The molecule has 182 valence electrons. The maximum Gasteiger partial charge on any atom is 0.223 e. The lowest BCUT2D eigenvalue weighted by molar-refractivity contribution is -0.134. The zero-order valence-electron chi connectivity index (χ0n) is 19.9. The Bertz CT molecular complexity index is 993. The van der Waals surface area contributed by atoms with Crippen LogP contribution in [-0.2, 0) is 34.0 Å². The van der Waals surface area contributed by atoms with Crippen molar-refractivity contribution in [2.24, 2.45) is 5.92 Å². The number of carbonyl (C=O) groups excluding carboxylic acids is 2. The van der Waals surface area contributed by atoms with Crippen LogP contribution in [0.15, 0.2) is 30.3 Å². The zero-order valence-corrected chi connectivity index (χ0v) is 19.9. The Kier molecular flexibility index (Phi) is 6.92. The van der Waals surface area contributed by atoms with Gasteiger partial charge in [0.1, 0.15) is 11.8 Å². The van der Waals surface area contributed by atoms with Crippen molar-refractivity contribution in [3.05, 3.63) is 47.3 Å². The molecule has 1 atom stereocenters. The molecule has 0 saturated carbocycles. The summed E-state index contributed by atoms with van der Waals surface area (Å²) in [6, 6.07) is 10.5. The van der Waals surface area contributed by atoms with Gasteiger partial charge >= 0.3 is 0 Å². The van der Waals surface area contributed by atoms with E-state index in [1.165, 1.54) is 5.56 Å². The molecule has 0 spiro atoms. The second-order valence-electron chi connectivity index (χ2n) is 9.71. The number of ether oxygens (including phenoxy) is 1. The molecule has 1 aromatic carbocycles. The number of hydrogen-bond donors (Lipinski definition) is 1. The van der Waals surface area contributed by atoms with Crippen molar-refractivity contribution >= 4 is 11.8 Å². The number of fused-ring (bicyclic) bond motifs is 1. The average molecular weight is 467 g/mol. The van der Waals surface area contributed by atoms with E-state index in [0.29, 0.717) is 26.2 Å². The van der Waals surface area contributed by atoms with E-state index in [4.69, 9.17) is 4.74 Å². The molecular weight excluding hydrogens is 432 g/mol. The average Bonchev–Trinajstić information content (AvgIpc) is 3.27. The van der Waals surface area contributed by atoms with Crippen LogP contribution < -0.4 is 5.32 Å². The number of nitrogens with zero attached hydrogens (tertiary/aromatic N) is 5. The van der Waals surface area contributed by atoms with Gasteiger partial charge in [0.15, 0.2) is 0 Å². The Hall–Kier alpha value is -2.78. The third kappa shape index (κ3) is 5.15. The molecule has 2 saturated heterocycles. The molecule has 2 amide bonds. The van der Waals surface area contributed by atoms with Crippen molar-refractivity contribution in [1.82, 2.24) is 30.1 Å². The highest BCUT2D eigenvalue weighted by molar-refractivity contribution is 5.79. The molecule has 3 aliphatic rings. The van der Waals surface area contributed by atoms with Gasteiger partial charge in [0.05, 0.1) is 18.8 Å². The van der Waals surface area contributed by atoms with Gasteiger partial charge in [-0.1, -0.05) is 35.5 Å². The number of piperidine rings is 2. The fourth-order valence-corrected chi connectivity index (χ4v) is 5.28. The van der Waals surface area contributed by atoms with Crippen LogP contribution in [0.25, 0.3) is 0 Å². The van der Waals surface area contributed by atoms with E-state index < -0.39 is 0 Å². The minimum absolute atomic E-state index is 0.0114. The Morgan fingerprint density at radius 2 is 1.79 bits per heavy atom. The lowest BCUT2D eigenvalue weighted by Crippen LogP contribution is -2.48. The molecular formula is C25H34N6O3. The molecule has 3 aliphatic heterocycles. The van der Waals surface area contributed by atoms with E-state index in [9.17, 15) is 9.59 Å². The second kappa shape index (κ2) is 10.2. The summed E-state index contributed by atoms with van der Waals surface area (Å²) < 4.78 is 8.12. The number of hydrogen-bond acceptors (Lipinski definition) is 6. The van der Waals surface area contributed by atoms with Crippen molar-refractivity contribution < 1.29 is 14.3 Å². The van der Waals surface area contributed by atoms with Gasteiger partial charge in [0, 0.05) is 51.6 Å². The minimum Gasteiger partial charge on any atom is -0.365 e. The first-order valence-corrected chi connectivity index (χ1v) is 12.4. The first-order chi connectivity index (χ1) is 16.6. The topological polar surface area (TPSA) is 92.6 Å². The molecule has 0 unspecified atom stereocenters. The largest absolute Gasteiger partial charge is 0.365 e. The number of nitrogens with one attached hydrogen (secondary N) is 1. The Labute approximate surface area is 200 Å². The van der Waals surface area contributed by atoms with Crippen LogP contribution in [-0.4, -0.2) is 68.8 Å². The molecule has 0 aliphatic carbocycles. The molecule has 5 rings (SSSR count). The van der Waals surface area contributed by atoms with Gasteiger partial charge in [-0.05, 0) is 31.2 Å². The SMILES string of the molecule is CC(=O)N1CCC(C(=O)NC2CCN(Cc3nnn4c3CO[C@@H](c3ccccc3)C4)CC2)CC1. The van der Waals surface area contributed by atoms with E-state index in [-0.39, 0.29) is 29.9 Å². The summed E-state index contributed by atoms with van der Waals surface area (Å²) >= 11 is 0. The molecule has 0 radical (unpaired) electrons. The van der Waals surface area contributed by atoms with E-state index >= 15 is 0 Å². The fraction of sp³-hybridized carbons (Fsp3) is 0.600. The molecule has 4 heterocycles. The van der Waals surface area contributed by atoms with Gasteiger partial charge in [0.2, 0.25) is 11.8 Å². The fourth-order valence-electron chi connectivity index (χ4n) is 5.28. The predicted octanol–water partition coefficient (Wildman–Crippen LogP) is 1.89.